The second-order valence-corrected chi connectivity index (χ2v) is 3.65. The molecule has 1 aromatic carbocycles. The largest absolute Gasteiger partial charge is 0.316 e. The lowest BCUT2D eigenvalue weighted by Gasteiger charge is -2.17. The number of amides is 1. The number of aryl methyl sites for hydroxylation is 1. The number of hydrogen-bond donors (Lipinski definition) is 0. The number of halogens is 1. The monoisotopic (exact) mass is 211 g/mol. The van der Waals surface area contributed by atoms with Crippen molar-refractivity contribution in [1.29, 1.82) is 0 Å². The first kappa shape index (κ1) is 11.1. The summed E-state index contributed by atoms with van der Waals surface area (Å²) in [6, 6.07) is 5.57. The number of carbonyl (C=O) groups excluding carboxylic acids is 1. The minimum absolute atomic E-state index is 0.103. The molecule has 0 saturated heterocycles. The van der Waals surface area contributed by atoms with Crippen molar-refractivity contribution in [2.45, 2.75) is 20.3 Å². The van der Waals surface area contributed by atoms with Gasteiger partial charge in [-0.3, -0.25) is 4.79 Å². The van der Waals surface area contributed by atoms with E-state index in [1.807, 2.05) is 32.0 Å². The molecular weight excluding hydrogens is 198 g/mol. The van der Waals surface area contributed by atoms with Crippen molar-refractivity contribution in [3.8, 4) is 0 Å². The van der Waals surface area contributed by atoms with Crippen LogP contribution in [0.15, 0.2) is 18.2 Å². The van der Waals surface area contributed by atoms with Gasteiger partial charge in [-0.15, -0.1) is 0 Å². The molecule has 14 heavy (non-hydrogen) atoms. The Morgan fingerprint density at radius 3 is 2.64 bits per heavy atom. The zero-order valence-electron chi connectivity index (χ0n) is 8.67. The van der Waals surface area contributed by atoms with E-state index in [1.54, 1.807) is 11.9 Å². The molecule has 0 saturated carbocycles. The topological polar surface area (TPSA) is 20.3 Å². The van der Waals surface area contributed by atoms with E-state index in [2.05, 4.69) is 0 Å². The quantitative estimate of drug-likeness (QED) is 0.737. The Labute approximate surface area is 89.5 Å². The molecule has 0 radical (unpaired) electrons. The summed E-state index contributed by atoms with van der Waals surface area (Å²) in [5, 5.41) is 0.728. The molecule has 0 aliphatic rings. The third-order valence-electron chi connectivity index (χ3n) is 2.21. The van der Waals surface area contributed by atoms with Gasteiger partial charge in [0.15, 0.2) is 0 Å². The maximum absolute atomic E-state index is 11.4. The molecular formula is C11H14ClNO. The molecule has 0 aliphatic heterocycles. The van der Waals surface area contributed by atoms with Gasteiger partial charge in [0, 0.05) is 24.2 Å². The average Bonchev–Trinajstić information content (AvgIpc) is 2.20. The van der Waals surface area contributed by atoms with E-state index in [4.69, 9.17) is 11.6 Å². The Hall–Kier alpha value is -1.02. The van der Waals surface area contributed by atoms with Crippen LogP contribution in [0.2, 0.25) is 5.02 Å². The summed E-state index contributed by atoms with van der Waals surface area (Å²) in [5.41, 5.74) is 1.87. The Morgan fingerprint density at radius 1 is 1.50 bits per heavy atom. The van der Waals surface area contributed by atoms with Crippen LogP contribution in [-0.4, -0.2) is 13.0 Å². The molecule has 0 N–H and O–H groups in total. The zero-order chi connectivity index (χ0) is 10.7. The van der Waals surface area contributed by atoms with E-state index in [1.165, 1.54) is 0 Å². The van der Waals surface area contributed by atoms with Crippen LogP contribution >= 0.6 is 11.6 Å². The van der Waals surface area contributed by atoms with E-state index in [0.717, 1.165) is 16.3 Å². The molecule has 0 bridgehead atoms. The van der Waals surface area contributed by atoms with E-state index in [9.17, 15) is 4.79 Å². The molecule has 0 heterocycles. The smallest absolute Gasteiger partial charge is 0.226 e. The first-order chi connectivity index (χ1) is 6.56. The van der Waals surface area contributed by atoms with E-state index in [0.29, 0.717) is 6.42 Å². The maximum Gasteiger partial charge on any atom is 0.226 e. The van der Waals surface area contributed by atoms with Crippen LogP contribution in [0.3, 0.4) is 0 Å². The Kier molecular flexibility index (Phi) is 3.53. The summed E-state index contributed by atoms with van der Waals surface area (Å²) in [6.07, 6.45) is 0.512. The standard InChI is InChI=1S/C11H14ClNO/c1-4-11(14)13(3)9-5-6-10(12)8(2)7-9/h5-7H,4H2,1-3H3. The van der Waals surface area contributed by atoms with Gasteiger partial charge < -0.3 is 4.90 Å². The molecule has 76 valence electrons. The Balaban J connectivity index is 2.96. The second kappa shape index (κ2) is 4.47. The fourth-order valence-electron chi connectivity index (χ4n) is 1.22. The number of carbonyl (C=O) groups is 1. The SMILES string of the molecule is CCC(=O)N(C)c1ccc(Cl)c(C)c1. The summed E-state index contributed by atoms with van der Waals surface area (Å²) < 4.78 is 0. The van der Waals surface area contributed by atoms with E-state index in [-0.39, 0.29) is 5.91 Å². The summed E-state index contributed by atoms with van der Waals surface area (Å²) in [4.78, 5) is 13.0. The minimum Gasteiger partial charge on any atom is -0.316 e. The molecule has 0 unspecified atom stereocenters. The molecule has 2 nitrogen and oxygen atoms in total. The van der Waals surface area contributed by atoms with Crippen molar-refractivity contribution >= 4 is 23.2 Å². The lowest BCUT2D eigenvalue weighted by atomic mass is 10.2. The zero-order valence-corrected chi connectivity index (χ0v) is 9.43. The molecule has 1 rings (SSSR count). The van der Waals surface area contributed by atoms with Crippen molar-refractivity contribution in [2.24, 2.45) is 0 Å². The van der Waals surface area contributed by atoms with E-state index >= 15 is 0 Å². The average molecular weight is 212 g/mol. The molecule has 1 amide bonds. The van der Waals surface area contributed by atoms with Gasteiger partial charge in [-0.1, -0.05) is 18.5 Å². The van der Waals surface area contributed by atoms with Crippen LogP contribution in [0.1, 0.15) is 18.9 Å². The van der Waals surface area contributed by atoms with Crippen molar-refractivity contribution in [3.05, 3.63) is 28.8 Å². The molecule has 0 aliphatic carbocycles. The summed E-state index contributed by atoms with van der Waals surface area (Å²) >= 11 is 5.90. The molecule has 1 aromatic rings. The first-order valence-electron chi connectivity index (χ1n) is 4.59. The fraction of sp³-hybridized carbons (Fsp3) is 0.364. The van der Waals surface area contributed by atoms with Gasteiger partial charge in [0.05, 0.1) is 0 Å². The summed E-state index contributed by atoms with van der Waals surface area (Å²) in [6.45, 7) is 3.78. The van der Waals surface area contributed by atoms with Gasteiger partial charge in [0.2, 0.25) is 5.91 Å². The highest BCUT2D eigenvalue weighted by atomic mass is 35.5. The summed E-state index contributed by atoms with van der Waals surface area (Å²) in [7, 11) is 1.77. The van der Waals surface area contributed by atoms with Gasteiger partial charge >= 0.3 is 0 Å². The highest BCUT2D eigenvalue weighted by Gasteiger charge is 2.08. The molecule has 0 fully saturated rings. The fourth-order valence-corrected chi connectivity index (χ4v) is 1.34. The van der Waals surface area contributed by atoms with Gasteiger partial charge in [0.25, 0.3) is 0 Å². The lowest BCUT2D eigenvalue weighted by Crippen LogP contribution is -2.25. The van der Waals surface area contributed by atoms with Crippen LogP contribution in [0, 0.1) is 6.92 Å². The third kappa shape index (κ3) is 2.26. The Morgan fingerprint density at radius 2 is 2.14 bits per heavy atom. The Bertz CT molecular complexity index is 349. The highest BCUT2D eigenvalue weighted by molar-refractivity contribution is 6.31. The van der Waals surface area contributed by atoms with Crippen LogP contribution in [-0.2, 0) is 4.79 Å². The minimum atomic E-state index is 0.103. The molecule has 0 aromatic heterocycles. The van der Waals surface area contributed by atoms with Gasteiger partial charge in [-0.25, -0.2) is 0 Å². The van der Waals surface area contributed by atoms with Crippen LogP contribution < -0.4 is 4.90 Å². The number of benzene rings is 1. The molecule has 0 atom stereocenters. The third-order valence-corrected chi connectivity index (χ3v) is 2.63. The van der Waals surface area contributed by atoms with E-state index < -0.39 is 0 Å². The predicted octanol–water partition coefficient (Wildman–Crippen LogP) is 3.02. The predicted molar refractivity (Wildman–Crippen MR) is 59.9 cm³/mol. The number of rotatable bonds is 2. The van der Waals surface area contributed by atoms with Gasteiger partial charge in [-0.2, -0.15) is 0 Å². The molecule has 3 heteroatoms. The number of nitrogens with zero attached hydrogens (tertiary/aromatic N) is 1. The van der Waals surface area contributed by atoms with Crippen molar-refractivity contribution in [3.63, 3.8) is 0 Å². The van der Waals surface area contributed by atoms with Crippen LogP contribution in [0.25, 0.3) is 0 Å². The summed E-state index contributed by atoms with van der Waals surface area (Å²) in [5.74, 6) is 0.103. The number of hydrogen-bond acceptors (Lipinski definition) is 1. The van der Waals surface area contributed by atoms with Crippen LogP contribution in [0.5, 0.6) is 0 Å². The first-order valence-corrected chi connectivity index (χ1v) is 4.96. The highest BCUT2D eigenvalue weighted by Crippen LogP contribution is 2.21. The van der Waals surface area contributed by atoms with Crippen molar-refractivity contribution in [2.75, 3.05) is 11.9 Å². The normalized spacial score (nSPS) is 10.0. The number of anilines is 1. The maximum atomic E-state index is 11.4. The second-order valence-electron chi connectivity index (χ2n) is 3.24. The lowest BCUT2D eigenvalue weighted by molar-refractivity contribution is -0.118. The van der Waals surface area contributed by atoms with Gasteiger partial charge in [-0.05, 0) is 30.7 Å². The van der Waals surface area contributed by atoms with Crippen molar-refractivity contribution < 1.29 is 4.79 Å². The van der Waals surface area contributed by atoms with Crippen LogP contribution in [0.4, 0.5) is 5.69 Å². The molecule has 0 spiro atoms. The van der Waals surface area contributed by atoms with Gasteiger partial charge in [0.1, 0.15) is 0 Å². The van der Waals surface area contributed by atoms with Crippen molar-refractivity contribution in [1.82, 2.24) is 0 Å².